The molecule has 2 heteroatoms. The minimum atomic E-state index is -0.194. The van der Waals surface area contributed by atoms with Crippen LogP contribution < -0.4 is 0 Å². The Hall–Kier alpha value is -0.0800. The molecule has 2 nitrogen and oxygen atoms in total. The number of rotatable bonds is 4. The first-order chi connectivity index (χ1) is 11.4. The fraction of sp³-hybridized carbons (Fsp3) is 1.00. The monoisotopic (exact) mass is 336 g/mol. The molecule has 0 aromatic heterocycles. The van der Waals surface area contributed by atoms with Crippen LogP contribution in [-0.4, -0.2) is 22.9 Å². The lowest BCUT2D eigenvalue weighted by Gasteiger charge is -2.57. The molecule has 0 aliphatic heterocycles. The molecule has 0 spiro atoms. The fourth-order valence-electron chi connectivity index (χ4n) is 7.62. The summed E-state index contributed by atoms with van der Waals surface area (Å²) in [6.45, 7) is 10.1. The van der Waals surface area contributed by atoms with Crippen LogP contribution in [0.3, 0.4) is 0 Å². The Morgan fingerprint density at radius 2 is 1.46 bits per heavy atom. The molecule has 3 fully saturated rings. The Morgan fingerprint density at radius 3 is 2.08 bits per heavy atom. The summed E-state index contributed by atoms with van der Waals surface area (Å²) in [5.74, 6) is 3.64. The van der Waals surface area contributed by atoms with Gasteiger partial charge in [-0.25, -0.2) is 0 Å². The highest BCUT2D eigenvalue weighted by Gasteiger charge is 2.57. The second-order valence-corrected chi connectivity index (χ2v) is 9.83. The summed E-state index contributed by atoms with van der Waals surface area (Å²) < 4.78 is 0. The SMILES string of the molecule is CC[C@@H]1[C@@H]([C@@]2(C)CC[C@H](O)C[C@@H]2CO)CC[C@]2(C)[C@@H](CC)CC[C@@H]12. The van der Waals surface area contributed by atoms with Gasteiger partial charge in [-0.2, -0.15) is 0 Å². The van der Waals surface area contributed by atoms with Gasteiger partial charge in [0.25, 0.3) is 0 Å². The Labute approximate surface area is 149 Å². The standard InChI is InChI=1S/C22H40O2/c1-5-15-7-8-19-18(6-2)20(10-12-21(15,19)3)22(4)11-9-17(24)13-16(22)14-23/h15-20,23-24H,5-14H2,1-4H3/t15-,16+,17-,18-,19-,20-,21+,22-/m0/s1. The van der Waals surface area contributed by atoms with E-state index in [1.165, 1.54) is 38.5 Å². The van der Waals surface area contributed by atoms with Gasteiger partial charge in [0.15, 0.2) is 0 Å². The van der Waals surface area contributed by atoms with E-state index in [1.807, 2.05) is 0 Å². The van der Waals surface area contributed by atoms with Crippen molar-refractivity contribution in [3.8, 4) is 0 Å². The van der Waals surface area contributed by atoms with Crippen molar-refractivity contribution < 1.29 is 10.2 Å². The Bertz CT molecular complexity index is 436. The zero-order valence-electron chi connectivity index (χ0n) is 16.4. The zero-order chi connectivity index (χ0) is 17.5. The second kappa shape index (κ2) is 6.91. The van der Waals surface area contributed by atoms with Gasteiger partial charge in [0.05, 0.1) is 6.10 Å². The van der Waals surface area contributed by atoms with E-state index in [0.29, 0.717) is 5.41 Å². The third-order valence-electron chi connectivity index (χ3n) is 9.17. The lowest BCUT2D eigenvalue weighted by atomic mass is 9.48. The topological polar surface area (TPSA) is 40.5 Å². The quantitative estimate of drug-likeness (QED) is 0.756. The van der Waals surface area contributed by atoms with Crippen molar-refractivity contribution in [2.45, 2.75) is 91.6 Å². The van der Waals surface area contributed by atoms with Gasteiger partial charge in [0, 0.05) is 6.61 Å². The van der Waals surface area contributed by atoms with Gasteiger partial charge in [-0.05, 0) is 85.4 Å². The molecule has 3 saturated carbocycles. The second-order valence-electron chi connectivity index (χ2n) is 9.83. The average molecular weight is 337 g/mol. The first kappa shape index (κ1) is 18.7. The molecular formula is C22H40O2. The molecule has 3 aliphatic rings. The summed E-state index contributed by atoms with van der Waals surface area (Å²) in [5, 5.41) is 20.2. The first-order valence-electron chi connectivity index (χ1n) is 10.7. The third-order valence-corrected chi connectivity index (χ3v) is 9.17. The van der Waals surface area contributed by atoms with Gasteiger partial charge in [0.2, 0.25) is 0 Å². The highest BCUT2D eigenvalue weighted by atomic mass is 16.3. The highest BCUT2D eigenvalue weighted by Crippen LogP contribution is 2.64. The Balaban J connectivity index is 1.87. The van der Waals surface area contributed by atoms with Crippen molar-refractivity contribution in [1.82, 2.24) is 0 Å². The van der Waals surface area contributed by atoms with Crippen molar-refractivity contribution in [2.75, 3.05) is 6.61 Å². The normalized spacial score (nSPS) is 52.2. The zero-order valence-corrected chi connectivity index (χ0v) is 16.4. The fourth-order valence-corrected chi connectivity index (χ4v) is 7.62. The van der Waals surface area contributed by atoms with Crippen LogP contribution in [0.5, 0.6) is 0 Å². The summed E-state index contributed by atoms with van der Waals surface area (Å²) in [5.41, 5.74) is 0.783. The molecule has 0 heterocycles. The average Bonchev–Trinajstić information content (AvgIpc) is 2.92. The lowest BCUT2D eigenvalue weighted by molar-refractivity contribution is -0.105. The molecule has 3 rings (SSSR count). The van der Waals surface area contributed by atoms with Crippen molar-refractivity contribution in [3.63, 3.8) is 0 Å². The molecule has 8 atom stereocenters. The van der Waals surface area contributed by atoms with Gasteiger partial charge < -0.3 is 10.2 Å². The van der Waals surface area contributed by atoms with Gasteiger partial charge in [-0.15, -0.1) is 0 Å². The molecule has 0 aromatic rings. The molecule has 0 aromatic carbocycles. The molecule has 24 heavy (non-hydrogen) atoms. The largest absolute Gasteiger partial charge is 0.396 e. The molecule has 0 saturated heterocycles. The summed E-state index contributed by atoms with van der Waals surface area (Å²) >= 11 is 0. The van der Waals surface area contributed by atoms with Crippen LogP contribution in [0.2, 0.25) is 0 Å². The maximum atomic E-state index is 10.1. The van der Waals surface area contributed by atoms with Crippen molar-refractivity contribution in [3.05, 3.63) is 0 Å². The van der Waals surface area contributed by atoms with E-state index >= 15 is 0 Å². The van der Waals surface area contributed by atoms with Crippen LogP contribution in [0.25, 0.3) is 0 Å². The maximum Gasteiger partial charge on any atom is 0.0544 e. The van der Waals surface area contributed by atoms with Gasteiger partial charge in [0.1, 0.15) is 0 Å². The third kappa shape index (κ3) is 2.76. The summed E-state index contributed by atoms with van der Waals surface area (Å²) in [7, 11) is 0. The lowest BCUT2D eigenvalue weighted by Crippen LogP contribution is -2.51. The van der Waals surface area contributed by atoms with Gasteiger partial charge >= 0.3 is 0 Å². The Kier molecular flexibility index (Phi) is 5.39. The first-order valence-corrected chi connectivity index (χ1v) is 10.7. The minimum absolute atomic E-state index is 0.194. The van der Waals surface area contributed by atoms with Crippen LogP contribution in [0.4, 0.5) is 0 Å². The van der Waals surface area contributed by atoms with Crippen LogP contribution in [0, 0.1) is 40.4 Å². The molecule has 3 aliphatic carbocycles. The van der Waals surface area contributed by atoms with E-state index in [2.05, 4.69) is 27.7 Å². The molecule has 0 amide bonds. The molecular weight excluding hydrogens is 296 g/mol. The number of fused-ring (bicyclic) bond motifs is 1. The van der Waals surface area contributed by atoms with E-state index in [1.54, 1.807) is 0 Å². The van der Waals surface area contributed by atoms with Crippen LogP contribution in [0.15, 0.2) is 0 Å². The van der Waals surface area contributed by atoms with Gasteiger partial charge in [-0.3, -0.25) is 0 Å². The molecule has 140 valence electrons. The van der Waals surface area contributed by atoms with Crippen LogP contribution in [0.1, 0.15) is 85.5 Å². The Morgan fingerprint density at radius 1 is 0.833 bits per heavy atom. The van der Waals surface area contributed by atoms with E-state index in [9.17, 15) is 10.2 Å². The van der Waals surface area contributed by atoms with E-state index in [0.717, 1.165) is 42.9 Å². The predicted molar refractivity (Wildman–Crippen MR) is 99.7 cm³/mol. The van der Waals surface area contributed by atoms with Crippen LogP contribution in [-0.2, 0) is 0 Å². The summed E-state index contributed by atoms with van der Waals surface area (Å²) in [4.78, 5) is 0. The van der Waals surface area contributed by atoms with E-state index < -0.39 is 0 Å². The van der Waals surface area contributed by atoms with E-state index in [4.69, 9.17) is 0 Å². The number of aliphatic hydroxyl groups excluding tert-OH is 2. The molecule has 0 unspecified atom stereocenters. The predicted octanol–water partition coefficient (Wildman–Crippen LogP) is 5.02. The minimum Gasteiger partial charge on any atom is -0.396 e. The van der Waals surface area contributed by atoms with Crippen LogP contribution >= 0.6 is 0 Å². The highest BCUT2D eigenvalue weighted by molar-refractivity contribution is 5.06. The summed E-state index contributed by atoms with van der Waals surface area (Å²) in [6.07, 6.45) is 10.8. The molecule has 0 radical (unpaired) electrons. The molecule has 2 N–H and O–H groups in total. The number of aliphatic hydroxyl groups is 2. The van der Waals surface area contributed by atoms with Crippen molar-refractivity contribution in [2.24, 2.45) is 40.4 Å². The van der Waals surface area contributed by atoms with Gasteiger partial charge in [-0.1, -0.05) is 40.5 Å². The van der Waals surface area contributed by atoms with E-state index in [-0.39, 0.29) is 24.0 Å². The number of hydrogen-bond acceptors (Lipinski definition) is 2. The number of hydrogen-bond donors (Lipinski definition) is 2. The molecule has 0 bridgehead atoms. The smallest absolute Gasteiger partial charge is 0.0544 e. The maximum absolute atomic E-state index is 10.1. The summed E-state index contributed by atoms with van der Waals surface area (Å²) in [6, 6.07) is 0. The van der Waals surface area contributed by atoms with Crippen molar-refractivity contribution in [1.29, 1.82) is 0 Å². The van der Waals surface area contributed by atoms with Crippen molar-refractivity contribution >= 4 is 0 Å².